The van der Waals surface area contributed by atoms with Crippen LogP contribution in [-0.4, -0.2) is 5.11 Å². The molecule has 1 unspecified atom stereocenters. The SMILES string of the molecule is CCC(CC)C(O)c1cc2ccccc2o1. The van der Waals surface area contributed by atoms with E-state index in [9.17, 15) is 5.11 Å². The average molecular weight is 218 g/mol. The second-order valence-corrected chi connectivity index (χ2v) is 4.21. The van der Waals surface area contributed by atoms with Crippen LogP contribution in [0.15, 0.2) is 34.7 Å². The highest BCUT2D eigenvalue weighted by Gasteiger charge is 2.20. The van der Waals surface area contributed by atoms with Crippen LogP contribution >= 0.6 is 0 Å². The number of hydrogen-bond donors (Lipinski definition) is 1. The zero-order valence-electron chi connectivity index (χ0n) is 9.81. The van der Waals surface area contributed by atoms with Gasteiger partial charge in [0, 0.05) is 5.39 Å². The van der Waals surface area contributed by atoms with E-state index in [2.05, 4.69) is 13.8 Å². The van der Waals surface area contributed by atoms with Crippen LogP contribution in [0.2, 0.25) is 0 Å². The van der Waals surface area contributed by atoms with E-state index in [4.69, 9.17) is 4.42 Å². The molecule has 0 amide bonds. The molecule has 16 heavy (non-hydrogen) atoms. The van der Waals surface area contributed by atoms with Gasteiger partial charge in [-0.15, -0.1) is 0 Å². The maximum atomic E-state index is 10.2. The van der Waals surface area contributed by atoms with Gasteiger partial charge in [0.1, 0.15) is 17.4 Å². The molecule has 1 heterocycles. The molecule has 0 aliphatic carbocycles. The molecule has 2 heteroatoms. The van der Waals surface area contributed by atoms with Crippen LogP contribution in [0.4, 0.5) is 0 Å². The van der Waals surface area contributed by atoms with Crippen molar-refractivity contribution in [3.05, 3.63) is 36.1 Å². The Balaban J connectivity index is 2.32. The predicted molar refractivity (Wildman–Crippen MR) is 65.2 cm³/mol. The zero-order chi connectivity index (χ0) is 11.5. The van der Waals surface area contributed by atoms with E-state index in [1.54, 1.807) is 0 Å². The maximum Gasteiger partial charge on any atom is 0.134 e. The number of benzene rings is 1. The summed E-state index contributed by atoms with van der Waals surface area (Å²) in [5, 5.41) is 11.2. The Kier molecular flexibility index (Phi) is 3.30. The number of hydrogen-bond acceptors (Lipinski definition) is 2. The average Bonchev–Trinajstić information content (AvgIpc) is 2.74. The number of aliphatic hydroxyl groups is 1. The molecule has 0 fully saturated rings. The van der Waals surface area contributed by atoms with E-state index < -0.39 is 6.10 Å². The van der Waals surface area contributed by atoms with Crippen LogP contribution in [0.5, 0.6) is 0 Å². The summed E-state index contributed by atoms with van der Waals surface area (Å²) in [6.07, 6.45) is 1.45. The fraction of sp³-hybridized carbons (Fsp3) is 0.429. The van der Waals surface area contributed by atoms with Gasteiger partial charge in [-0.05, 0) is 18.1 Å². The minimum atomic E-state index is -0.484. The van der Waals surface area contributed by atoms with Gasteiger partial charge in [-0.25, -0.2) is 0 Å². The molecule has 1 aromatic heterocycles. The van der Waals surface area contributed by atoms with Gasteiger partial charge in [0.05, 0.1) is 0 Å². The second kappa shape index (κ2) is 4.71. The van der Waals surface area contributed by atoms with Crippen LogP contribution in [0, 0.1) is 5.92 Å². The fourth-order valence-electron chi connectivity index (χ4n) is 2.12. The summed E-state index contributed by atoms with van der Waals surface area (Å²) < 4.78 is 5.66. The molecule has 2 nitrogen and oxygen atoms in total. The first-order valence-corrected chi connectivity index (χ1v) is 5.92. The lowest BCUT2D eigenvalue weighted by atomic mass is 9.95. The highest BCUT2D eigenvalue weighted by Crippen LogP contribution is 2.31. The first-order valence-electron chi connectivity index (χ1n) is 5.92. The quantitative estimate of drug-likeness (QED) is 0.844. The first kappa shape index (κ1) is 11.2. The Bertz CT molecular complexity index is 421. The summed E-state index contributed by atoms with van der Waals surface area (Å²) in [7, 11) is 0. The van der Waals surface area contributed by atoms with Gasteiger partial charge < -0.3 is 9.52 Å². The van der Waals surface area contributed by atoms with Crippen LogP contribution in [-0.2, 0) is 0 Å². The lowest BCUT2D eigenvalue weighted by Crippen LogP contribution is -2.09. The second-order valence-electron chi connectivity index (χ2n) is 4.21. The summed E-state index contributed by atoms with van der Waals surface area (Å²) >= 11 is 0. The van der Waals surface area contributed by atoms with Gasteiger partial charge in [-0.2, -0.15) is 0 Å². The third-order valence-electron chi connectivity index (χ3n) is 3.23. The van der Waals surface area contributed by atoms with E-state index in [0.29, 0.717) is 5.76 Å². The smallest absolute Gasteiger partial charge is 0.134 e. The molecule has 2 rings (SSSR count). The number of furan rings is 1. The molecule has 0 spiro atoms. The molecule has 1 N–H and O–H groups in total. The number of para-hydroxylation sites is 1. The number of rotatable bonds is 4. The summed E-state index contributed by atoms with van der Waals surface area (Å²) in [4.78, 5) is 0. The molecule has 0 aliphatic heterocycles. The van der Waals surface area contributed by atoms with Gasteiger partial charge in [0.15, 0.2) is 0 Å². The van der Waals surface area contributed by atoms with E-state index in [0.717, 1.165) is 23.8 Å². The molecule has 0 saturated heterocycles. The molecule has 2 aromatic rings. The molecule has 0 bridgehead atoms. The Morgan fingerprint density at radius 3 is 2.50 bits per heavy atom. The Labute approximate surface area is 95.9 Å². The number of aliphatic hydroxyl groups excluding tert-OH is 1. The van der Waals surface area contributed by atoms with Gasteiger partial charge in [0.2, 0.25) is 0 Å². The van der Waals surface area contributed by atoms with E-state index in [1.165, 1.54) is 0 Å². The molecule has 0 radical (unpaired) electrons. The van der Waals surface area contributed by atoms with Crippen molar-refractivity contribution in [2.45, 2.75) is 32.8 Å². The highest BCUT2D eigenvalue weighted by molar-refractivity contribution is 5.77. The van der Waals surface area contributed by atoms with Crippen LogP contribution < -0.4 is 0 Å². The lowest BCUT2D eigenvalue weighted by Gasteiger charge is -2.17. The van der Waals surface area contributed by atoms with Crippen molar-refractivity contribution in [2.75, 3.05) is 0 Å². The van der Waals surface area contributed by atoms with Crippen molar-refractivity contribution in [2.24, 2.45) is 5.92 Å². The molecule has 0 aliphatic rings. The molecular formula is C14H18O2. The maximum absolute atomic E-state index is 10.2. The van der Waals surface area contributed by atoms with Gasteiger partial charge >= 0.3 is 0 Å². The molecule has 86 valence electrons. The van der Waals surface area contributed by atoms with Crippen molar-refractivity contribution in [1.82, 2.24) is 0 Å². The van der Waals surface area contributed by atoms with Crippen molar-refractivity contribution < 1.29 is 9.52 Å². The Morgan fingerprint density at radius 2 is 1.88 bits per heavy atom. The highest BCUT2D eigenvalue weighted by atomic mass is 16.4. The van der Waals surface area contributed by atoms with E-state index in [1.807, 2.05) is 30.3 Å². The van der Waals surface area contributed by atoms with Crippen LogP contribution in [0.3, 0.4) is 0 Å². The molecular weight excluding hydrogens is 200 g/mol. The zero-order valence-corrected chi connectivity index (χ0v) is 9.81. The third-order valence-corrected chi connectivity index (χ3v) is 3.23. The third kappa shape index (κ3) is 1.98. The largest absolute Gasteiger partial charge is 0.458 e. The predicted octanol–water partition coefficient (Wildman–Crippen LogP) is 3.90. The minimum Gasteiger partial charge on any atom is -0.458 e. The number of fused-ring (bicyclic) bond motifs is 1. The van der Waals surface area contributed by atoms with Crippen molar-refractivity contribution >= 4 is 11.0 Å². The minimum absolute atomic E-state index is 0.278. The summed E-state index contributed by atoms with van der Waals surface area (Å²) in [6, 6.07) is 9.79. The van der Waals surface area contributed by atoms with Crippen LogP contribution in [0.1, 0.15) is 38.6 Å². The Hall–Kier alpha value is -1.28. The Morgan fingerprint density at radius 1 is 1.19 bits per heavy atom. The summed E-state index contributed by atoms with van der Waals surface area (Å²) in [5.41, 5.74) is 0.850. The van der Waals surface area contributed by atoms with Crippen molar-refractivity contribution in [3.63, 3.8) is 0 Å². The monoisotopic (exact) mass is 218 g/mol. The fourth-order valence-corrected chi connectivity index (χ4v) is 2.12. The first-order chi connectivity index (χ1) is 7.76. The molecule has 1 aromatic carbocycles. The summed E-state index contributed by atoms with van der Waals surface area (Å²) in [5.74, 6) is 0.968. The van der Waals surface area contributed by atoms with Crippen molar-refractivity contribution in [3.8, 4) is 0 Å². The standard InChI is InChI=1S/C14H18O2/c1-3-10(4-2)14(15)13-9-11-7-5-6-8-12(11)16-13/h5-10,14-15H,3-4H2,1-2H3. The van der Waals surface area contributed by atoms with Crippen LogP contribution in [0.25, 0.3) is 11.0 Å². The van der Waals surface area contributed by atoms with Crippen molar-refractivity contribution in [1.29, 1.82) is 0 Å². The normalized spacial score (nSPS) is 13.5. The van der Waals surface area contributed by atoms with Gasteiger partial charge in [0.25, 0.3) is 0 Å². The lowest BCUT2D eigenvalue weighted by molar-refractivity contribution is 0.0831. The summed E-state index contributed by atoms with van der Waals surface area (Å²) in [6.45, 7) is 4.19. The molecule has 0 saturated carbocycles. The van der Waals surface area contributed by atoms with E-state index in [-0.39, 0.29) is 5.92 Å². The van der Waals surface area contributed by atoms with E-state index >= 15 is 0 Å². The van der Waals surface area contributed by atoms with Gasteiger partial charge in [-0.1, -0.05) is 44.9 Å². The van der Waals surface area contributed by atoms with Gasteiger partial charge in [-0.3, -0.25) is 0 Å². The molecule has 1 atom stereocenters. The topological polar surface area (TPSA) is 33.4 Å².